The van der Waals surface area contributed by atoms with Gasteiger partial charge in [0, 0.05) is 10.9 Å². The van der Waals surface area contributed by atoms with E-state index in [1.165, 1.54) is 24.8 Å². The number of aryl methyl sites for hydroxylation is 1. The first-order valence-corrected chi connectivity index (χ1v) is 6.50. The highest BCUT2D eigenvalue weighted by molar-refractivity contribution is 9.10. The van der Waals surface area contributed by atoms with Gasteiger partial charge in [-0.3, -0.25) is 9.48 Å². The van der Waals surface area contributed by atoms with Gasteiger partial charge in [-0.2, -0.15) is 5.10 Å². The van der Waals surface area contributed by atoms with Crippen LogP contribution in [0, 0.1) is 0 Å². The Morgan fingerprint density at radius 1 is 1.40 bits per heavy atom. The van der Waals surface area contributed by atoms with E-state index in [2.05, 4.69) is 31.3 Å². The Labute approximate surface area is 122 Å². The van der Waals surface area contributed by atoms with Gasteiger partial charge in [-0.15, -0.1) is 0 Å². The van der Waals surface area contributed by atoms with Crippen molar-refractivity contribution in [1.82, 2.24) is 14.8 Å². The molecule has 0 saturated heterocycles. The van der Waals surface area contributed by atoms with Crippen molar-refractivity contribution in [3.8, 4) is 0 Å². The van der Waals surface area contributed by atoms with Gasteiger partial charge in [0.05, 0.1) is 17.8 Å². The lowest BCUT2D eigenvalue weighted by atomic mass is 10.2. The summed E-state index contributed by atoms with van der Waals surface area (Å²) in [5, 5.41) is 15.5. The van der Waals surface area contributed by atoms with Crippen molar-refractivity contribution in [3.63, 3.8) is 0 Å². The van der Waals surface area contributed by atoms with Crippen molar-refractivity contribution in [2.75, 3.05) is 5.32 Å². The molecule has 0 spiro atoms. The van der Waals surface area contributed by atoms with E-state index in [0.29, 0.717) is 16.7 Å². The summed E-state index contributed by atoms with van der Waals surface area (Å²) < 4.78 is 2.17. The van der Waals surface area contributed by atoms with Gasteiger partial charge < -0.3 is 10.4 Å². The molecule has 0 radical (unpaired) electrons. The fourth-order valence-corrected chi connectivity index (χ4v) is 1.88. The largest absolute Gasteiger partial charge is 0.478 e. The van der Waals surface area contributed by atoms with Crippen LogP contribution in [0.4, 0.5) is 5.69 Å². The third-order valence-corrected chi connectivity index (χ3v) is 3.21. The fourth-order valence-electron chi connectivity index (χ4n) is 1.53. The average molecular weight is 339 g/mol. The minimum absolute atomic E-state index is 0.111. The van der Waals surface area contributed by atoms with Crippen molar-refractivity contribution in [2.45, 2.75) is 13.0 Å². The summed E-state index contributed by atoms with van der Waals surface area (Å²) in [6.07, 6.45) is 3.13. The monoisotopic (exact) mass is 338 g/mol. The predicted octanol–water partition coefficient (Wildman–Crippen LogP) is 1.77. The molecule has 0 atom stereocenters. The van der Waals surface area contributed by atoms with Crippen LogP contribution in [0.1, 0.15) is 16.8 Å². The Balaban J connectivity index is 2.00. The Bertz CT molecular complexity index is 628. The number of benzene rings is 1. The van der Waals surface area contributed by atoms with Crippen LogP contribution in [0.3, 0.4) is 0 Å². The van der Waals surface area contributed by atoms with Crippen LogP contribution < -0.4 is 5.32 Å². The number of amides is 1. The first-order valence-electron chi connectivity index (χ1n) is 5.71. The van der Waals surface area contributed by atoms with E-state index < -0.39 is 5.97 Å². The number of aromatic nitrogens is 3. The quantitative estimate of drug-likeness (QED) is 0.865. The Hall–Kier alpha value is -2.22. The van der Waals surface area contributed by atoms with Gasteiger partial charge in [-0.1, -0.05) is 0 Å². The zero-order valence-electron chi connectivity index (χ0n) is 10.3. The third-order valence-electron chi connectivity index (χ3n) is 2.52. The molecular weight excluding hydrogens is 328 g/mol. The first kappa shape index (κ1) is 14.2. The number of rotatable bonds is 5. The minimum Gasteiger partial charge on any atom is -0.478 e. The molecule has 0 unspecified atom stereocenters. The van der Waals surface area contributed by atoms with Gasteiger partial charge in [0.15, 0.2) is 0 Å². The molecule has 8 heteroatoms. The van der Waals surface area contributed by atoms with Crippen molar-refractivity contribution in [1.29, 1.82) is 0 Å². The van der Waals surface area contributed by atoms with Crippen LogP contribution in [0.2, 0.25) is 0 Å². The Kier molecular flexibility index (Phi) is 4.46. The highest BCUT2D eigenvalue weighted by Gasteiger charge is 2.10. The lowest BCUT2D eigenvalue weighted by Crippen LogP contribution is -2.15. The molecule has 1 amide bonds. The predicted molar refractivity (Wildman–Crippen MR) is 74.4 cm³/mol. The second-order valence-electron chi connectivity index (χ2n) is 3.96. The summed E-state index contributed by atoms with van der Waals surface area (Å²) in [6.45, 7) is 0.405. The zero-order chi connectivity index (χ0) is 14.5. The second-order valence-corrected chi connectivity index (χ2v) is 4.81. The number of nitrogens with one attached hydrogen (secondary N) is 1. The maximum atomic E-state index is 11.8. The van der Waals surface area contributed by atoms with Crippen LogP contribution in [0.15, 0.2) is 35.3 Å². The molecule has 1 aromatic carbocycles. The number of carbonyl (C=O) groups is 2. The van der Waals surface area contributed by atoms with Gasteiger partial charge in [-0.05, 0) is 34.1 Å². The molecule has 0 aliphatic carbocycles. The molecule has 2 aromatic rings. The lowest BCUT2D eigenvalue weighted by molar-refractivity contribution is -0.116. The maximum Gasteiger partial charge on any atom is 0.335 e. The zero-order valence-corrected chi connectivity index (χ0v) is 11.9. The van der Waals surface area contributed by atoms with E-state index in [1.807, 2.05) is 0 Å². The molecule has 104 valence electrons. The smallest absolute Gasteiger partial charge is 0.335 e. The van der Waals surface area contributed by atoms with Crippen LogP contribution in [0.5, 0.6) is 0 Å². The minimum atomic E-state index is -1.05. The van der Waals surface area contributed by atoms with Crippen LogP contribution in [-0.4, -0.2) is 31.7 Å². The molecule has 0 aliphatic heterocycles. The van der Waals surface area contributed by atoms with E-state index in [4.69, 9.17) is 5.11 Å². The molecule has 0 bridgehead atoms. The number of carboxylic acids is 1. The van der Waals surface area contributed by atoms with Crippen molar-refractivity contribution in [3.05, 3.63) is 40.9 Å². The molecular formula is C12H11BrN4O3. The van der Waals surface area contributed by atoms with Crippen molar-refractivity contribution in [2.24, 2.45) is 0 Å². The summed E-state index contributed by atoms with van der Waals surface area (Å²) in [4.78, 5) is 26.5. The molecule has 2 rings (SSSR count). The summed E-state index contributed by atoms with van der Waals surface area (Å²) in [7, 11) is 0. The summed E-state index contributed by atoms with van der Waals surface area (Å²) in [6, 6.07) is 4.44. The van der Waals surface area contributed by atoms with Crippen LogP contribution in [-0.2, 0) is 11.3 Å². The topological polar surface area (TPSA) is 97.1 Å². The summed E-state index contributed by atoms with van der Waals surface area (Å²) >= 11 is 3.26. The molecule has 0 aliphatic rings. The highest BCUT2D eigenvalue weighted by atomic mass is 79.9. The number of nitrogens with zero attached hydrogens (tertiary/aromatic N) is 3. The van der Waals surface area contributed by atoms with Gasteiger partial charge in [-0.25, -0.2) is 9.78 Å². The Morgan fingerprint density at radius 2 is 2.20 bits per heavy atom. The second kappa shape index (κ2) is 6.29. The molecule has 20 heavy (non-hydrogen) atoms. The average Bonchev–Trinajstić information content (AvgIpc) is 2.92. The molecule has 7 nitrogen and oxygen atoms in total. The highest BCUT2D eigenvalue weighted by Crippen LogP contribution is 2.23. The number of anilines is 1. The number of carbonyl (C=O) groups excluding carboxylic acids is 1. The molecule has 1 aromatic heterocycles. The molecule has 0 saturated carbocycles. The van der Waals surface area contributed by atoms with Gasteiger partial charge in [0.25, 0.3) is 0 Å². The maximum absolute atomic E-state index is 11.8. The van der Waals surface area contributed by atoms with Crippen LogP contribution in [0.25, 0.3) is 0 Å². The number of halogens is 1. The number of carboxylic acid groups (broad SMARTS) is 1. The van der Waals surface area contributed by atoms with E-state index in [-0.39, 0.29) is 17.9 Å². The standard InChI is InChI=1S/C12H11BrN4O3/c13-9-2-1-8(12(19)20)5-10(9)16-11(18)3-4-17-7-14-6-15-17/h1-2,5-7H,3-4H2,(H,16,18)(H,19,20). The first-order chi connectivity index (χ1) is 9.56. The fraction of sp³-hybridized carbons (Fsp3) is 0.167. The van der Waals surface area contributed by atoms with E-state index in [1.54, 1.807) is 10.7 Å². The lowest BCUT2D eigenvalue weighted by Gasteiger charge is -2.08. The van der Waals surface area contributed by atoms with Gasteiger partial charge >= 0.3 is 5.97 Å². The molecule has 0 fully saturated rings. The van der Waals surface area contributed by atoms with Crippen molar-refractivity contribution >= 4 is 33.5 Å². The number of hydrogen-bond donors (Lipinski definition) is 2. The summed E-state index contributed by atoms with van der Waals surface area (Å²) in [5.41, 5.74) is 0.535. The Morgan fingerprint density at radius 3 is 2.85 bits per heavy atom. The molecule has 1 heterocycles. The van der Waals surface area contributed by atoms with Gasteiger partial charge in [0.1, 0.15) is 12.7 Å². The number of aromatic carboxylic acids is 1. The number of hydrogen-bond acceptors (Lipinski definition) is 4. The van der Waals surface area contributed by atoms with Crippen LogP contribution >= 0.6 is 15.9 Å². The van der Waals surface area contributed by atoms with E-state index >= 15 is 0 Å². The van der Waals surface area contributed by atoms with Crippen molar-refractivity contribution < 1.29 is 14.7 Å². The van der Waals surface area contributed by atoms with E-state index in [0.717, 1.165) is 0 Å². The van der Waals surface area contributed by atoms with E-state index in [9.17, 15) is 9.59 Å². The SMILES string of the molecule is O=C(CCn1cncn1)Nc1cc(C(=O)O)ccc1Br. The molecule has 2 N–H and O–H groups in total. The third kappa shape index (κ3) is 3.64. The van der Waals surface area contributed by atoms with Gasteiger partial charge in [0.2, 0.25) is 5.91 Å². The summed E-state index contributed by atoms with van der Waals surface area (Å²) in [5.74, 6) is -1.28. The normalized spacial score (nSPS) is 10.2.